The van der Waals surface area contributed by atoms with Gasteiger partial charge in [0.15, 0.2) is 17.2 Å². The predicted octanol–water partition coefficient (Wildman–Crippen LogP) is 1.46. The van der Waals surface area contributed by atoms with Gasteiger partial charge in [-0.25, -0.2) is 4.79 Å². The van der Waals surface area contributed by atoms with Crippen molar-refractivity contribution in [2.24, 2.45) is 0 Å². The second kappa shape index (κ2) is 5.52. The molecule has 2 aromatic carbocycles. The molecule has 8 nitrogen and oxygen atoms in total. The summed E-state index contributed by atoms with van der Waals surface area (Å²) in [7, 11) is 0. The third kappa shape index (κ3) is 2.85. The van der Waals surface area contributed by atoms with Crippen LogP contribution in [0.5, 0.6) is 23.0 Å². The van der Waals surface area contributed by atoms with Crippen molar-refractivity contribution >= 4 is 17.6 Å². The van der Waals surface area contributed by atoms with E-state index >= 15 is 0 Å². The van der Waals surface area contributed by atoms with E-state index in [-0.39, 0.29) is 16.8 Å². The molecule has 0 radical (unpaired) electrons. The number of carbonyl (C=O) groups excluding carboxylic acids is 1. The van der Waals surface area contributed by atoms with E-state index in [1.807, 2.05) is 0 Å². The normalized spacial score (nSPS) is 10.2. The van der Waals surface area contributed by atoms with Crippen LogP contribution >= 0.6 is 0 Å². The number of hydrogen-bond acceptors (Lipinski definition) is 6. The van der Waals surface area contributed by atoms with Crippen LogP contribution in [-0.4, -0.2) is 37.4 Å². The number of carboxylic acids is 1. The van der Waals surface area contributed by atoms with Crippen molar-refractivity contribution in [1.29, 1.82) is 0 Å². The Morgan fingerprint density at radius 2 is 1.36 bits per heavy atom. The Balaban J connectivity index is 2.28. The van der Waals surface area contributed by atoms with Crippen LogP contribution in [0.1, 0.15) is 20.7 Å². The quantitative estimate of drug-likeness (QED) is 0.470. The first-order valence-corrected chi connectivity index (χ1v) is 5.92. The van der Waals surface area contributed by atoms with Crippen molar-refractivity contribution in [2.75, 3.05) is 5.32 Å². The van der Waals surface area contributed by atoms with Crippen LogP contribution in [-0.2, 0) is 0 Å². The number of anilines is 1. The molecule has 0 fully saturated rings. The Kier molecular flexibility index (Phi) is 3.76. The Morgan fingerprint density at radius 3 is 1.86 bits per heavy atom. The lowest BCUT2D eigenvalue weighted by molar-refractivity contribution is 0.0696. The molecule has 0 unspecified atom stereocenters. The summed E-state index contributed by atoms with van der Waals surface area (Å²) in [6.07, 6.45) is 0. The summed E-state index contributed by atoms with van der Waals surface area (Å²) in [5, 5.41) is 48.6. The molecule has 0 heterocycles. The molecule has 0 aliphatic heterocycles. The molecule has 0 aliphatic rings. The molecule has 0 spiro atoms. The van der Waals surface area contributed by atoms with Crippen molar-refractivity contribution in [2.45, 2.75) is 0 Å². The van der Waals surface area contributed by atoms with E-state index in [9.17, 15) is 30.0 Å². The van der Waals surface area contributed by atoms with Crippen LogP contribution in [0.3, 0.4) is 0 Å². The van der Waals surface area contributed by atoms with Gasteiger partial charge in [-0.3, -0.25) is 4.79 Å². The summed E-state index contributed by atoms with van der Waals surface area (Å²) in [5.41, 5.74) is -0.382. The third-order valence-electron chi connectivity index (χ3n) is 2.82. The number of phenolic OH excluding ortho intramolecular Hbond substituents is 4. The molecule has 6 N–H and O–H groups in total. The molecule has 114 valence electrons. The summed E-state index contributed by atoms with van der Waals surface area (Å²) in [6.45, 7) is 0. The molecular formula is C14H11NO7. The maximum Gasteiger partial charge on any atom is 0.335 e. The fourth-order valence-electron chi connectivity index (χ4n) is 1.70. The van der Waals surface area contributed by atoms with Crippen molar-refractivity contribution < 1.29 is 35.1 Å². The number of aromatic carboxylic acids is 1. The van der Waals surface area contributed by atoms with Crippen molar-refractivity contribution in [3.8, 4) is 23.0 Å². The fourth-order valence-corrected chi connectivity index (χ4v) is 1.70. The van der Waals surface area contributed by atoms with Gasteiger partial charge in [0, 0.05) is 5.56 Å². The van der Waals surface area contributed by atoms with Crippen LogP contribution in [0.4, 0.5) is 5.69 Å². The highest BCUT2D eigenvalue weighted by atomic mass is 16.4. The molecule has 0 saturated carbocycles. The van der Waals surface area contributed by atoms with Gasteiger partial charge in [-0.05, 0) is 30.3 Å². The maximum atomic E-state index is 12.0. The number of rotatable bonds is 3. The number of carboxylic acid groups (broad SMARTS) is 1. The predicted molar refractivity (Wildman–Crippen MR) is 74.5 cm³/mol. The van der Waals surface area contributed by atoms with E-state index < -0.39 is 34.9 Å². The largest absolute Gasteiger partial charge is 0.506 e. The van der Waals surface area contributed by atoms with Gasteiger partial charge in [0.25, 0.3) is 5.91 Å². The van der Waals surface area contributed by atoms with Crippen LogP contribution < -0.4 is 5.32 Å². The molecule has 0 bridgehead atoms. The minimum absolute atomic E-state index is 0.0537. The summed E-state index contributed by atoms with van der Waals surface area (Å²) in [6, 6.07) is 5.18. The fraction of sp³-hybridized carbons (Fsp3) is 0. The van der Waals surface area contributed by atoms with Crippen molar-refractivity contribution in [3.63, 3.8) is 0 Å². The van der Waals surface area contributed by atoms with Gasteiger partial charge in [-0.15, -0.1) is 0 Å². The molecule has 22 heavy (non-hydrogen) atoms. The zero-order valence-electron chi connectivity index (χ0n) is 10.9. The van der Waals surface area contributed by atoms with Crippen LogP contribution in [0.15, 0.2) is 30.3 Å². The summed E-state index contributed by atoms with van der Waals surface area (Å²) in [5.74, 6) is -4.61. The molecule has 8 heteroatoms. The van der Waals surface area contributed by atoms with Gasteiger partial charge >= 0.3 is 5.97 Å². The van der Waals surface area contributed by atoms with Gasteiger partial charge in [-0.1, -0.05) is 0 Å². The minimum Gasteiger partial charge on any atom is -0.506 e. The van der Waals surface area contributed by atoms with E-state index in [0.29, 0.717) is 0 Å². The molecule has 0 atom stereocenters. The summed E-state index contributed by atoms with van der Waals surface area (Å²) >= 11 is 0. The second-order valence-corrected chi connectivity index (χ2v) is 4.35. The first-order valence-electron chi connectivity index (χ1n) is 5.92. The number of amides is 1. The zero-order chi connectivity index (χ0) is 16.4. The Bertz CT molecular complexity index is 747. The lowest BCUT2D eigenvalue weighted by atomic mass is 10.1. The van der Waals surface area contributed by atoms with Gasteiger partial charge in [0.1, 0.15) is 5.75 Å². The van der Waals surface area contributed by atoms with E-state index in [0.717, 1.165) is 18.2 Å². The molecule has 0 aromatic heterocycles. The van der Waals surface area contributed by atoms with Crippen LogP contribution in [0, 0.1) is 0 Å². The molecule has 0 saturated heterocycles. The second-order valence-electron chi connectivity index (χ2n) is 4.35. The number of phenols is 4. The van der Waals surface area contributed by atoms with Gasteiger partial charge < -0.3 is 30.8 Å². The lowest BCUT2D eigenvalue weighted by Crippen LogP contribution is -2.12. The van der Waals surface area contributed by atoms with E-state index in [4.69, 9.17) is 5.11 Å². The SMILES string of the molecule is O=C(O)c1ccc(NC(=O)c2cc(O)c(O)c(O)c2)c(O)c1. The Labute approximate surface area is 123 Å². The maximum absolute atomic E-state index is 12.0. The Hall–Kier alpha value is -3.42. The van der Waals surface area contributed by atoms with Crippen molar-refractivity contribution in [1.82, 2.24) is 0 Å². The molecular weight excluding hydrogens is 294 g/mol. The smallest absolute Gasteiger partial charge is 0.335 e. The minimum atomic E-state index is -1.23. The number of benzene rings is 2. The summed E-state index contributed by atoms with van der Waals surface area (Å²) < 4.78 is 0. The van der Waals surface area contributed by atoms with E-state index in [1.54, 1.807) is 0 Å². The van der Waals surface area contributed by atoms with E-state index in [2.05, 4.69) is 5.32 Å². The van der Waals surface area contributed by atoms with Crippen molar-refractivity contribution in [3.05, 3.63) is 41.5 Å². The highest BCUT2D eigenvalue weighted by Crippen LogP contribution is 2.35. The molecule has 1 amide bonds. The molecule has 2 aromatic rings. The van der Waals surface area contributed by atoms with Gasteiger partial charge in [-0.2, -0.15) is 0 Å². The average molecular weight is 305 g/mol. The first kappa shape index (κ1) is 15.0. The zero-order valence-corrected chi connectivity index (χ0v) is 10.9. The summed E-state index contributed by atoms with van der Waals surface area (Å²) in [4.78, 5) is 22.7. The van der Waals surface area contributed by atoms with Gasteiger partial charge in [0.05, 0.1) is 11.3 Å². The van der Waals surface area contributed by atoms with Crippen LogP contribution in [0.25, 0.3) is 0 Å². The highest BCUT2D eigenvalue weighted by Gasteiger charge is 2.15. The standard InChI is InChI=1S/C14H11NO7/c16-9-3-6(14(21)22)1-2-8(9)15-13(20)7-4-10(17)12(19)11(18)5-7/h1-5,16-19H,(H,15,20)(H,21,22). The number of hydrogen-bond donors (Lipinski definition) is 6. The van der Waals surface area contributed by atoms with Gasteiger partial charge in [0.2, 0.25) is 0 Å². The van der Waals surface area contributed by atoms with E-state index in [1.165, 1.54) is 12.1 Å². The molecule has 0 aliphatic carbocycles. The number of carbonyl (C=O) groups is 2. The van der Waals surface area contributed by atoms with Crippen LogP contribution in [0.2, 0.25) is 0 Å². The number of nitrogens with one attached hydrogen (secondary N) is 1. The Morgan fingerprint density at radius 1 is 0.818 bits per heavy atom. The highest BCUT2D eigenvalue weighted by molar-refractivity contribution is 6.06. The topological polar surface area (TPSA) is 147 Å². The lowest BCUT2D eigenvalue weighted by Gasteiger charge is -2.09. The monoisotopic (exact) mass is 305 g/mol. The third-order valence-corrected chi connectivity index (χ3v) is 2.82. The number of aromatic hydroxyl groups is 4. The molecule has 2 rings (SSSR count). The first-order chi connectivity index (χ1) is 10.3. The average Bonchev–Trinajstić information content (AvgIpc) is 2.46.